The van der Waals surface area contributed by atoms with E-state index in [9.17, 15) is 18.8 Å². The highest BCUT2D eigenvalue weighted by Gasteiger charge is 2.18. The summed E-state index contributed by atoms with van der Waals surface area (Å²) in [5.41, 5.74) is 8.15. The highest BCUT2D eigenvalue weighted by molar-refractivity contribution is 5.95. The third kappa shape index (κ3) is 11.6. The van der Waals surface area contributed by atoms with Gasteiger partial charge >= 0.3 is 11.9 Å². The Morgan fingerprint density at radius 1 is 1.05 bits per heavy atom. The fraction of sp³-hybridized carbons (Fsp3) is 0.310. The number of rotatable bonds is 7. The second-order valence-electron chi connectivity index (χ2n) is 8.23. The van der Waals surface area contributed by atoms with Gasteiger partial charge in [-0.3, -0.25) is 14.4 Å². The zero-order chi connectivity index (χ0) is 28.7. The molecule has 0 radical (unpaired) electrons. The first-order valence-corrected chi connectivity index (χ1v) is 12.0. The van der Waals surface area contributed by atoms with E-state index in [1.165, 1.54) is 44.0 Å². The Bertz CT molecular complexity index is 1200. The highest BCUT2D eigenvalue weighted by Crippen LogP contribution is 2.29. The minimum absolute atomic E-state index is 0.0556. The predicted molar refractivity (Wildman–Crippen MR) is 142 cm³/mol. The van der Waals surface area contributed by atoms with Crippen molar-refractivity contribution in [3.05, 3.63) is 89.0 Å². The van der Waals surface area contributed by atoms with E-state index in [2.05, 4.69) is 24.0 Å². The molecule has 0 spiro atoms. The molecule has 204 valence electrons. The first-order chi connectivity index (χ1) is 18.0. The number of hydrogen-bond acceptors (Lipinski definition) is 7. The molecule has 0 bridgehead atoms. The van der Waals surface area contributed by atoms with Crippen LogP contribution >= 0.6 is 0 Å². The number of primary amides is 1. The minimum Gasteiger partial charge on any atom is -0.493 e. The normalized spacial score (nSPS) is 10.5. The fourth-order valence-electron chi connectivity index (χ4n) is 3.09. The lowest BCUT2D eigenvalue weighted by Crippen LogP contribution is -2.17. The average Bonchev–Trinajstić information content (AvgIpc) is 2.86. The standard InChI is InChI=1S/C13H17FO2.C9H10N2O4.C7H8/c1-4-13(15)16-10(3)8-11-5-6-12(14)7-9(11)2;1-5(12)15-8-6(14-2)3-4-11-7(8)9(10)13;1-7-5-3-2-4-6-7/h5-7,10H,4,8H2,1-3H3;3-4H,1-2H3,(H2,10,13);2-6H,1H3. The number of pyridine rings is 1. The van der Waals surface area contributed by atoms with Crippen LogP contribution in [0.2, 0.25) is 0 Å². The number of aromatic nitrogens is 1. The van der Waals surface area contributed by atoms with Crippen LogP contribution in [0.3, 0.4) is 0 Å². The van der Waals surface area contributed by atoms with Crippen molar-refractivity contribution in [3.63, 3.8) is 0 Å². The molecule has 2 N–H and O–H groups in total. The van der Waals surface area contributed by atoms with E-state index in [4.69, 9.17) is 19.9 Å². The maximum Gasteiger partial charge on any atom is 0.308 e. The molecule has 2 aromatic carbocycles. The highest BCUT2D eigenvalue weighted by atomic mass is 19.1. The Kier molecular flexibility index (Phi) is 13.8. The van der Waals surface area contributed by atoms with Gasteiger partial charge in [-0.1, -0.05) is 48.9 Å². The number of benzene rings is 2. The molecule has 9 heteroatoms. The number of amides is 1. The number of ether oxygens (including phenoxy) is 3. The molecule has 0 aliphatic heterocycles. The number of carbonyl (C=O) groups excluding carboxylic acids is 3. The third-order valence-electron chi connectivity index (χ3n) is 4.94. The lowest BCUT2D eigenvalue weighted by molar-refractivity contribution is -0.147. The molecule has 0 saturated heterocycles. The summed E-state index contributed by atoms with van der Waals surface area (Å²) in [6, 6.07) is 16.4. The van der Waals surface area contributed by atoms with Crippen molar-refractivity contribution in [2.75, 3.05) is 7.11 Å². The van der Waals surface area contributed by atoms with Gasteiger partial charge in [-0.15, -0.1) is 0 Å². The quantitative estimate of drug-likeness (QED) is 0.424. The number of aryl methyl sites for hydroxylation is 2. The number of methoxy groups -OCH3 is 1. The molecule has 1 heterocycles. The van der Waals surface area contributed by atoms with E-state index in [0.29, 0.717) is 12.8 Å². The van der Waals surface area contributed by atoms with Crippen molar-refractivity contribution in [2.45, 2.75) is 53.6 Å². The third-order valence-corrected chi connectivity index (χ3v) is 4.94. The molecular formula is C29H35FN2O6. The summed E-state index contributed by atoms with van der Waals surface area (Å²) in [6.07, 6.45) is 2.17. The van der Waals surface area contributed by atoms with E-state index in [1.807, 2.05) is 32.0 Å². The minimum atomic E-state index is -0.787. The molecular weight excluding hydrogens is 491 g/mol. The molecule has 38 heavy (non-hydrogen) atoms. The van der Waals surface area contributed by atoms with Crippen LogP contribution in [0, 0.1) is 19.7 Å². The van der Waals surface area contributed by atoms with Gasteiger partial charge in [-0.2, -0.15) is 0 Å². The molecule has 3 aromatic rings. The van der Waals surface area contributed by atoms with Crippen molar-refractivity contribution in [1.29, 1.82) is 0 Å². The number of halogens is 1. The first-order valence-electron chi connectivity index (χ1n) is 12.0. The zero-order valence-electron chi connectivity index (χ0n) is 22.6. The van der Waals surface area contributed by atoms with Crippen LogP contribution in [-0.2, 0) is 20.7 Å². The monoisotopic (exact) mass is 526 g/mol. The van der Waals surface area contributed by atoms with Crippen LogP contribution in [-0.4, -0.2) is 36.0 Å². The molecule has 0 aliphatic rings. The number of nitrogens with two attached hydrogens (primary N) is 1. The Morgan fingerprint density at radius 3 is 2.18 bits per heavy atom. The summed E-state index contributed by atoms with van der Waals surface area (Å²) >= 11 is 0. The summed E-state index contributed by atoms with van der Waals surface area (Å²) in [5.74, 6) is -1.63. The Labute approximate surface area is 222 Å². The molecule has 1 unspecified atom stereocenters. The number of nitrogens with zero attached hydrogens (tertiary/aromatic N) is 1. The lowest BCUT2D eigenvalue weighted by Gasteiger charge is -2.14. The van der Waals surface area contributed by atoms with Gasteiger partial charge in [-0.25, -0.2) is 9.37 Å². The molecule has 0 saturated carbocycles. The van der Waals surface area contributed by atoms with Crippen molar-refractivity contribution < 1.29 is 33.0 Å². The number of carbonyl (C=O) groups is 3. The van der Waals surface area contributed by atoms with Gasteiger partial charge in [0.25, 0.3) is 5.91 Å². The average molecular weight is 527 g/mol. The van der Waals surface area contributed by atoms with Gasteiger partial charge in [0, 0.05) is 32.0 Å². The van der Waals surface area contributed by atoms with Crippen molar-refractivity contribution >= 4 is 17.8 Å². The van der Waals surface area contributed by atoms with E-state index < -0.39 is 11.9 Å². The SMILES string of the molecule is CCC(=O)OC(C)Cc1ccc(F)cc1C.COc1ccnc(C(N)=O)c1OC(C)=O.Cc1ccccc1. The molecule has 1 aromatic heterocycles. The zero-order valence-corrected chi connectivity index (χ0v) is 22.6. The van der Waals surface area contributed by atoms with Gasteiger partial charge in [0.1, 0.15) is 11.9 Å². The molecule has 1 atom stereocenters. The molecule has 1 amide bonds. The van der Waals surface area contributed by atoms with E-state index in [-0.39, 0.29) is 35.1 Å². The molecule has 3 rings (SSSR count). The Balaban J connectivity index is 0.000000305. The van der Waals surface area contributed by atoms with E-state index >= 15 is 0 Å². The van der Waals surface area contributed by atoms with Gasteiger partial charge in [0.2, 0.25) is 5.75 Å². The second kappa shape index (κ2) is 16.5. The van der Waals surface area contributed by atoms with Crippen molar-refractivity contribution in [3.8, 4) is 11.5 Å². The maximum atomic E-state index is 12.9. The summed E-state index contributed by atoms with van der Waals surface area (Å²) in [4.78, 5) is 36.6. The van der Waals surface area contributed by atoms with Crippen LogP contribution < -0.4 is 15.2 Å². The summed E-state index contributed by atoms with van der Waals surface area (Å²) in [5, 5.41) is 0. The number of hydrogen-bond donors (Lipinski definition) is 1. The molecule has 0 fully saturated rings. The summed E-state index contributed by atoms with van der Waals surface area (Å²) in [7, 11) is 1.38. The van der Waals surface area contributed by atoms with Crippen LogP contribution in [0.5, 0.6) is 11.5 Å². The summed E-state index contributed by atoms with van der Waals surface area (Å²) < 4.78 is 27.7. The second-order valence-corrected chi connectivity index (χ2v) is 8.23. The van der Waals surface area contributed by atoms with Crippen LogP contribution in [0.25, 0.3) is 0 Å². The maximum absolute atomic E-state index is 12.9. The smallest absolute Gasteiger partial charge is 0.308 e. The van der Waals surface area contributed by atoms with Gasteiger partial charge in [0.05, 0.1) is 7.11 Å². The Hall–Kier alpha value is -4.27. The fourth-order valence-corrected chi connectivity index (χ4v) is 3.09. The van der Waals surface area contributed by atoms with Gasteiger partial charge < -0.3 is 19.9 Å². The molecule has 8 nitrogen and oxygen atoms in total. The van der Waals surface area contributed by atoms with Gasteiger partial charge in [0.15, 0.2) is 11.4 Å². The lowest BCUT2D eigenvalue weighted by atomic mass is 10.0. The number of esters is 2. The molecule has 0 aliphatic carbocycles. The van der Waals surface area contributed by atoms with Crippen LogP contribution in [0.1, 0.15) is 54.4 Å². The van der Waals surface area contributed by atoms with Crippen LogP contribution in [0.15, 0.2) is 60.8 Å². The predicted octanol–water partition coefficient (Wildman–Crippen LogP) is 5.13. The summed E-state index contributed by atoms with van der Waals surface area (Å²) in [6.45, 7) is 8.75. The van der Waals surface area contributed by atoms with E-state index in [1.54, 1.807) is 13.0 Å². The Morgan fingerprint density at radius 2 is 1.71 bits per heavy atom. The van der Waals surface area contributed by atoms with Crippen LogP contribution in [0.4, 0.5) is 4.39 Å². The van der Waals surface area contributed by atoms with Crippen molar-refractivity contribution in [1.82, 2.24) is 4.98 Å². The topological polar surface area (TPSA) is 118 Å². The van der Waals surface area contributed by atoms with E-state index in [0.717, 1.165) is 11.1 Å². The first kappa shape index (κ1) is 31.8. The van der Waals surface area contributed by atoms with Crippen molar-refractivity contribution in [2.24, 2.45) is 5.73 Å². The largest absolute Gasteiger partial charge is 0.493 e. The van der Waals surface area contributed by atoms with Gasteiger partial charge in [-0.05, 0) is 44.0 Å².